The van der Waals surface area contributed by atoms with Crippen LogP contribution in [-0.2, 0) is 9.53 Å². The molecular weight excluding hydrogens is 198 g/mol. The lowest BCUT2D eigenvalue weighted by atomic mass is 10.1. The minimum absolute atomic E-state index is 0.00814. The summed E-state index contributed by atoms with van der Waals surface area (Å²) in [6.07, 6.45) is 2.32. The predicted molar refractivity (Wildman–Crippen MR) is 59.6 cm³/mol. The Balaban J connectivity index is 2.09. The van der Waals surface area contributed by atoms with E-state index in [0.717, 1.165) is 0 Å². The summed E-state index contributed by atoms with van der Waals surface area (Å²) in [7, 11) is 0. The van der Waals surface area contributed by atoms with E-state index >= 15 is 0 Å². The third-order valence-corrected chi connectivity index (χ3v) is 3.17. The molecule has 0 atom stereocenters. The van der Waals surface area contributed by atoms with Crippen molar-refractivity contribution in [3.05, 3.63) is 0 Å². The number of rotatable bonds is 4. The van der Waals surface area contributed by atoms with Gasteiger partial charge in [-0.3, -0.25) is 4.79 Å². The Morgan fingerprint density at radius 1 is 1.50 bits per heavy atom. The molecule has 0 unspecified atom stereocenters. The van der Waals surface area contributed by atoms with Crippen LogP contribution in [0.15, 0.2) is 0 Å². The van der Waals surface area contributed by atoms with Crippen LogP contribution in [0.4, 0.5) is 0 Å². The highest BCUT2D eigenvalue weighted by Crippen LogP contribution is 2.16. The minimum atomic E-state index is -0.141. The number of esters is 1. The molecule has 82 valence electrons. The second-order valence-electron chi connectivity index (χ2n) is 3.81. The van der Waals surface area contributed by atoms with Crippen molar-refractivity contribution in [2.45, 2.75) is 38.8 Å². The molecule has 1 rings (SSSR count). The van der Waals surface area contributed by atoms with E-state index in [-0.39, 0.29) is 12.1 Å². The van der Waals surface area contributed by atoms with Crippen LogP contribution in [0.5, 0.6) is 0 Å². The molecule has 1 fully saturated rings. The van der Waals surface area contributed by atoms with Gasteiger partial charge in [0.25, 0.3) is 0 Å². The molecule has 1 heterocycles. The number of nitrogens with one attached hydrogen (secondary N) is 1. The topological polar surface area (TPSA) is 38.3 Å². The Kier molecular flexibility index (Phi) is 5.33. The van der Waals surface area contributed by atoms with Crippen molar-refractivity contribution in [3.8, 4) is 0 Å². The molecule has 0 amide bonds. The van der Waals surface area contributed by atoms with Gasteiger partial charge in [-0.15, -0.1) is 0 Å². The van der Waals surface area contributed by atoms with E-state index in [4.69, 9.17) is 4.74 Å². The van der Waals surface area contributed by atoms with Crippen molar-refractivity contribution in [3.63, 3.8) is 0 Å². The van der Waals surface area contributed by atoms with Crippen molar-refractivity contribution >= 4 is 17.7 Å². The highest BCUT2D eigenvalue weighted by Gasteiger charge is 2.14. The molecule has 0 aromatic rings. The van der Waals surface area contributed by atoms with Gasteiger partial charge in [0.1, 0.15) is 0 Å². The molecule has 0 radical (unpaired) electrons. The third-order valence-electron chi connectivity index (χ3n) is 2.12. The summed E-state index contributed by atoms with van der Waals surface area (Å²) in [6.45, 7) is 4.10. The first kappa shape index (κ1) is 11.9. The summed E-state index contributed by atoms with van der Waals surface area (Å²) in [4.78, 5) is 11.2. The zero-order chi connectivity index (χ0) is 10.4. The van der Waals surface area contributed by atoms with E-state index in [2.05, 4.69) is 5.32 Å². The van der Waals surface area contributed by atoms with Gasteiger partial charge >= 0.3 is 5.97 Å². The summed E-state index contributed by atoms with van der Waals surface area (Å²) in [6, 6.07) is 0.510. The SMILES string of the molecule is CC(C)OC(=O)CNC1CCSCC1. The van der Waals surface area contributed by atoms with E-state index in [0.29, 0.717) is 12.6 Å². The Morgan fingerprint density at radius 2 is 2.14 bits per heavy atom. The van der Waals surface area contributed by atoms with Gasteiger partial charge in [-0.2, -0.15) is 11.8 Å². The van der Waals surface area contributed by atoms with Crippen LogP contribution >= 0.6 is 11.8 Å². The molecular formula is C10H19NO2S. The maximum absolute atomic E-state index is 11.2. The Hall–Kier alpha value is -0.220. The second kappa shape index (κ2) is 6.30. The average Bonchev–Trinajstić information content (AvgIpc) is 2.15. The predicted octanol–water partition coefficient (Wildman–Crippen LogP) is 1.42. The smallest absolute Gasteiger partial charge is 0.320 e. The van der Waals surface area contributed by atoms with Crippen LogP contribution in [-0.4, -0.2) is 36.2 Å². The molecule has 0 aromatic carbocycles. The minimum Gasteiger partial charge on any atom is -0.462 e. The fourth-order valence-corrected chi connectivity index (χ4v) is 2.54. The van der Waals surface area contributed by atoms with Crippen molar-refractivity contribution in [1.82, 2.24) is 5.32 Å². The summed E-state index contributed by atoms with van der Waals surface area (Å²) < 4.78 is 5.03. The highest BCUT2D eigenvalue weighted by molar-refractivity contribution is 7.99. The number of hydrogen-bond acceptors (Lipinski definition) is 4. The number of hydrogen-bond donors (Lipinski definition) is 1. The van der Waals surface area contributed by atoms with Crippen LogP contribution in [0.25, 0.3) is 0 Å². The van der Waals surface area contributed by atoms with Crippen LogP contribution in [0, 0.1) is 0 Å². The van der Waals surface area contributed by atoms with Crippen molar-refractivity contribution in [2.75, 3.05) is 18.1 Å². The van der Waals surface area contributed by atoms with Gasteiger partial charge in [-0.1, -0.05) is 0 Å². The quantitative estimate of drug-likeness (QED) is 0.723. The van der Waals surface area contributed by atoms with E-state index < -0.39 is 0 Å². The lowest BCUT2D eigenvalue weighted by molar-refractivity contribution is -0.146. The third kappa shape index (κ3) is 4.86. The molecule has 0 bridgehead atoms. The molecule has 4 heteroatoms. The van der Waals surface area contributed by atoms with E-state index in [1.54, 1.807) is 0 Å². The van der Waals surface area contributed by atoms with Gasteiger partial charge in [-0.05, 0) is 38.2 Å². The largest absolute Gasteiger partial charge is 0.462 e. The molecule has 3 nitrogen and oxygen atoms in total. The first-order valence-corrected chi connectivity index (χ1v) is 6.34. The summed E-state index contributed by atoms with van der Waals surface area (Å²) >= 11 is 1.99. The summed E-state index contributed by atoms with van der Waals surface area (Å²) in [5.41, 5.74) is 0. The van der Waals surface area contributed by atoms with Crippen molar-refractivity contribution in [2.24, 2.45) is 0 Å². The molecule has 14 heavy (non-hydrogen) atoms. The first-order chi connectivity index (χ1) is 6.68. The Morgan fingerprint density at radius 3 is 2.71 bits per heavy atom. The van der Waals surface area contributed by atoms with Gasteiger partial charge in [0.2, 0.25) is 0 Å². The number of carbonyl (C=O) groups excluding carboxylic acids is 1. The number of thioether (sulfide) groups is 1. The zero-order valence-corrected chi connectivity index (χ0v) is 9.73. The molecule has 1 saturated heterocycles. The Labute approximate surface area is 90.0 Å². The van der Waals surface area contributed by atoms with Crippen LogP contribution in [0.3, 0.4) is 0 Å². The van der Waals surface area contributed by atoms with E-state index in [1.807, 2.05) is 25.6 Å². The maximum atomic E-state index is 11.2. The molecule has 0 aliphatic carbocycles. The van der Waals surface area contributed by atoms with Crippen molar-refractivity contribution < 1.29 is 9.53 Å². The molecule has 0 aromatic heterocycles. The summed E-state index contributed by atoms with van der Waals surface area (Å²) in [5, 5.41) is 3.24. The van der Waals surface area contributed by atoms with Gasteiger partial charge in [-0.25, -0.2) is 0 Å². The maximum Gasteiger partial charge on any atom is 0.320 e. The van der Waals surface area contributed by atoms with Crippen LogP contribution < -0.4 is 5.32 Å². The van der Waals surface area contributed by atoms with Crippen LogP contribution in [0.1, 0.15) is 26.7 Å². The standard InChI is InChI=1S/C10H19NO2S/c1-8(2)13-10(12)7-11-9-3-5-14-6-4-9/h8-9,11H,3-7H2,1-2H3. The molecule has 1 N–H and O–H groups in total. The van der Waals surface area contributed by atoms with Gasteiger partial charge in [0.05, 0.1) is 12.6 Å². The highest BCUT2D eigenvalue weighted by atomic mass is 32.2. The molecule has 1 aliphatic rings. The molecule has 0 spiro atoms. The van der Waals surface area contributed by atoms with Gasteiger partial charge in [0.15, 0.2) is 0 Å². The van der Waals surface area contributed by atoms with E-state index in [9.17, 15) is 4.79 Å². The van der Waals surface area contributed by atoms with Gasteiger partial charge < -0.3 is 10.1 Å². The average molecular weight is 217 g/mol. The number of ether oxygens (including phenoxy) is 1. The lowest BCUT2D eigenvalue weighted by Crippen LogP contribution is -2.37. The zero-order valence-electron chi connectivity index (χ0n) is 8.91. The molecule has 1 aliphatic heterocycles. The van der Waals surface area contributed by atoms with Crippen LogP contribution in [0.2, 0.25) is 0 Å². The summed E-state index contributed by atoms with van der Waals surface area (Å²) in [5.74, 6) is 2.27. The monoisotopic (exact) mass is 217 g/mol. The normalized spacial score (nSPS) is 18.5. The fraction of sp³-hybridized carbons (Fsp3) is 0.900. The Bertz CT molecular complexity index is 179. The number of carbonyl (C=O) groups is 1. The second-order valence-corrected chi connectivity index (χ2v) is 5.03. The first-order valence-electron chi connectivity index (χ1n) is 5.19. The lowest BCUT2D eigenvalue weighted by Gasteiger charge is -2.22. The van der Waals surface area contributed by atoms with Gasteiger partial charge in [0, 0.05) is 6.04 Å². The van der Waals surface area contributed by atoms with E-state index in [1.165, 1.54) is 24.3 Å². The fourth-order valence-electron chi connectivity index (χ4n) is 1.43. The van der Waals surface area contributed by atoms with Crippen molar-refractivity contribution in [1.29, 1.82) is 0 Å². The molecule has 0 saturated carbocycles.